The Hall–Kier alpha value is -1.39. The van der Waals surface area contributed by atoms with E-state index in [1.54, 1.807) is 0 Å². The second-order valence-corrected chi connectivity index (χ2v) is 3.51. The highest BCUT2D eigenvalue weighted by molar-refractivity contribution is 5.66. The molecule has 5 nitrogen and oxygen atoms in total. The molecule has 1 aliphatic heterocycles. The Bertz CT molecular complexity index is 223. The van der Waals surface area contributed by atoms with Gasteiger partial charge in [-0.15, -0.1) is 0 Å². The van der Waals surface area contributed by atoms with Crippen LogP contribution in [0.2, 0.25) is 0 Å². The van der Waals surface area contributed by atoms with Crippen molar-refractivity contribution in [2.45, 2.75) is 12.8 Å². The first-order valence-corrected chi connectivity index (χ1v) is 4.54. The van der Waals surface area contributed by atoms with Crippen LogP contribution in [0, 0.1) is 11.8 Å². The number of hydrogen-bond donors (Lipinski definition) is 1. The van der Waals surface area contributed by atoms with Crippen LogP contribution >= 0.6 is 0 Å². The Morgan fingerprint density at radius 3 is 1.93 bits per heavy atom. The van der Waals surface area contributed by atoms with Crippen LogP contribution in [0.3, 0.4) is 0 Å². The summed E-state index contributed by atoms with van der Waals surface area (Å²) in [6, 6.07) is 0. The SMILES string of the molecule is O=CCC1CN(C(=O)O)CC1CC=O. The molecule has 1 fully saturated rings. The zero-order valence-corrected chi connectivity index (χ0v) is 7.76. The van der Waals surface area contributed by atoms with Crippen molar-refractivity contribution >= 4 is 18.7 Å². The first-order chi connectivity index (χ1) is 6.69. The summed E-state index contributed by atoms with van der Waals surface area (Å²) in [4.78, 5) is 32.6. The molecule has 0 saturated carbocycles. The molecule has 0 bridgehead atoms. The van der Waals surface area contributed by atoms with E-state index < -0.39 is 6.09 Å². The van der Waals surface area contributed by atoms with E-state index in [1.165, 1.54) is 4.90 Å². The van der Waals surface area contributed by atoms with E-state index >= 15 is 0 Å². The van der Waals surface area contributed by atoms with Gasteiger partial charge in [0.15, 0.2) is 0 Å². The Morgan fingerprint density at radius 1 is 1.21 bits per heavy atom. The fraction of sp³-hybridized carbons (Fsp3) is 0.667. The van der Waals surface area contributed by atoms with Crippen LogP contribution in [0.15, 0.2) is 0 Å². The minimum Gasteiger partial charge on any atom is -0.465 e. The van der Waals surface area contributed by atoms with Crippen molar-refractivity contribution in [1.29, 1.82) is 0 Å². The number of hydrogen-bond acceptors (Lipinski definition) is 3. The van der Waals surface area contributed by atoms with Crippen molar-refractivity contribution in [3.05, 3.63) is 0 Å². The molecule has 1 rings (SSSR count). The predicted molar refractivity (Wildman–Crippen MR) is 47.9 cm³/mol. The Balaban J connectivity index is 2.58. The highest BCUT2D eigenvalue weighted by Crippen LogP contribution is 2.27. The lowest BCUT2D eigenvalue weighted by Crippen LogP contribution is -2.27. The molecule has 2 atom stereocenters. The van der Waals surface area contributed by atoms with Crippen molar-refractivity contribution in [3.8, 4) is 0 Å². The van der Waals surface area contributed by atoms with Gasteiger partial charge in [0.1, 0.15) is 12.6 Å². The van der Waals surface area contributed by atoms with Gasteiger partial charge in [-0.05, 0) is 11.8 Å². The second kappa shape index (κ2) is 4.74. The molecule has 0 radical (unpaired) electrons. The van der Waals surface area contributed by atoms with Crippen molar-refractivity contribution in [3.63, 3.8) is 0 Å². The van der Waals surface area contributed by atoms with Gasteiger partial charge in [-0.1, -0.05) is 0 Å². The summed E-state index contributed by atoms with van der Waals surface area (Å²) in [5.74, 6) is 0.0163. The summed E-state index contributed by atoms with van der Waals surface area (Å²) in [7, 11) is 0. The van der Waals surface area contributed by atoms with Crippen LogP contribution in [0.5, 0.6) is 0 Å². The monoisotopic (exact) mass is 199 g/mol. The molecule has 1 aliphatic rings. The number of carbonyl (C=O) groups is 3. The number of aldehydes is 2. The van der Waals surface area contributed by atoms with Gasteiger partial charge in [-0.3, -0.25) is 0 Å². The highest BCUT2D eigenvalue weighted by atomic mass is 16.4. The van der Waals surface area contributed by atoms with Gasteiger partial charge in [0, 0.05) is 25.9 Å². The van der Waals surface area contributed by atoms with E-state index in [-0.39, 0.29) is 11.8 Å². The van der Waals surface area contributed by atoms with Crippen LogP contribution < -0.4 is 0 Å². The van der Waals surface area contributed by atoms with Crippen molar-refractivity contribution in [2.24, 2.45) is 11.8 Å². The van der Waals surface area contributed by atoms with Gasteiger partial charge in [0.25, 0.3) is 0 Å². The maximum atomic E-state index is 10.7. The zero-order chi connectivity index (χ0) is 10.6. The molecule has 78 valence electrons. The molecule has 0 aromatic rings. The normalized spacial score (nSPS) is 26.1. The van der Waals surface area contributed by atoms with Gasteiger partial charge in [-0.25, -0.2) is 4.79 Å². The minimum absolute atomic E-state index is 0.00815. The van der Waals surface area contributed by atoms with Gasteiger partial charge in [0.2, 0.25) is 0 Å². The topological polar surface area (TPSA) is 74.7 Å². The molecular formula is C9H13NO4. The zero-order valence-electron chi connectivity index (χ0n) is 7.76. The average molecular weight is 199 g/mol. The minimum atomic E-state index is -0.978. The first-order valence-electron chi connectivity index (χ1n) is 4.54. The summed E-state index contributed by atoms with van der Waals surface area (Å²) in [6.07, 6.45) is 1.26. The van der Waals surface area contributed by atoms with Gasteiger partial charge in [0.05, 0.1) is 0 Å². The molecule has 0 aromatic carbocycles. The second-order valence-electron chi connectivity index (χ2n) is 3.51. The highest BCUT2D eigenvalue weighted by Gasteiger charge is 2.34. The summed E-state index contributed by atoms with van der Waals surface area (Å²) in [5, 5.41) is 8.73. The Kier molecular flexibility index (Phi) is 3.62. The van der Waals surface area contributed by atoms with Crippen LogP contribution in [-0.4, -0.2) is 41.8 Å². The molecule has 0 spiro atoms. The van der Waals surface area contributed by atoms with E-state index in [2.05, 4.69) is 0 Å². The third-order valence-corrected chi connectivity index (χ3v) is 2.64. The molecule has 0 aliphatic carbocycles. The van der Waals surface area contributed by atoms with E-state index in [0.717, 1.165) is 12.6 Å². The summed E-state index contributed by atoms with van der Waals surface area (Å²) < 4.78 is 0. The lowest BCUT2D eigenvalue weighted by Gasteiger charge is -2.10. The fourth-order valence-corrected chi connectivity index (χ4v) is 1.88. The largest absolute Gasteiger partial charge is 0.465 e. The smallest absolute Gasteiger partial charge is 0.407 e. The maximum absolute atomic E-state index is 10.7. The van der Waals surface area contributed by atoms with Crippen LogP contribution in [0.4, 0.5) is 4.79 Å². The maximum Gasteiger partial charge on any atom is 0.407 e. The molecule has 0 aromatic heterocycles. The van der Waals surface area contributed by atoms with Crippen molar-refractivity contribution in [1.82, 2.24) is 4.90 Å². The van der Waals surface area contributed by atoms with Gasteiger partial charge in [-0.2, -0.15) is 0 Å². The lowest BCUT2D eigenvalue weighted by molar-refractivity contribution is -0.110. The van der Waals surface area contributed by atoms with E-state index in [9.17, 15) is 14.4 Å². The van der Waals surface area contributed by atoms with Crippen LogP contribution in [0.1, 0.15) is 12.8 Å². The molecule has 1 N–H and O–H groups in total. The van der Waals surface area contributed by atoms with Crippen molar-refractivity contribution in [2.75, 3.05) is 13.1 Å². The summed E-state index contributed by atoms with van der Waals surface area (Å²) in [5.41, 5.74) is 0. The van der Waals surface area contributed by atoms with Gasteiger partial charge < -0.3 is 19.6 Å². The van der Waals surface area contributed by atoms with E-state index in [4.69, 9.17) is 5.11 Å². The number of carboxylic acid groups (broad SMARTS) is 1. The van der Waals surface area contributed by atoms with E-state index in [1.807, 2.05) is 0 Å². The Morgan fingerprint density at radius 2 is 1.64 bits per heavy atom. The Labute approximate surface area is 81.7 Å². The molecule has 1 saturated heterocycles. The van der Waals surface area contributed by atoms with Crippen molar-refractivity contribution < 1.29 is 19.5 Å². The van der Waals surface area contributed by atoms with E-state index in [0.29, 0.717) is 25.9 Å². The summed E-state index contributed by atoms with van der Waals surface area (Å²) >= 11 is 0. The molecule has 1 amide bonds. The average Bonchev–Trinajstić information content (AvgIpc) is 2.50. The third-order valence-electron chi connectivity index (χ3n) is 2.64. The molecule has 1 heterocycles. The fourth-order valence-electron chi connectivity index (χ4n) is 1.88. The van der Waals surface area contributed by atoms with Crippen LogP contribution in [0.25, 0.3) is 0 Å². The van der Waals surface area contributed by atoms with Crippen LogP contribution in [-0.2, 0) is 9.59 Å². The number of amides is 1. The quantitative estimate of drug-likeness (QED) is 0.664. The first kappa shape index (κ1) is 10.7. The predicted octanol–water partition coefficient (Wildman–Crippen LogP) is 0.390. The number of carbonyl (C=O) groups excluding carboxylic acids is 2. The number of likely N-dealkylation sites (tertiary alicyclic amines) is 1. The molecule has 5 heteroatoms. The molecule has 14 heavy (non-hydrogen) atoms. The number of nitrogens with zero attached hydrogens (tertiary/aromatic N) is 1. The standard InChI is InChI=1S/C9H13NO4/c11-3-1-7-5-10(9(13)14)6-8(7)2-4-12/h3-4,7-8H,1-2,5-6H2,(H,13,14). The third kappa shape index (κ3) is 2.31. The molecule has 2 unspecified atom stereocenters. The summed E-state index contributed by atoms with van der Waals surface area (Å²) in [6.45, 7) is 0.735. The van der Waals surface area contributed by atoms with Gasteiger partial charge >= 0.3 is 6.09 Å². The number of rotatable bonds is 4. The lowest BCUT2D eigenvalue weighted by atomic mass is 9.91. The molecular weight excluding hydrogens is 186 g/mol.